The van der Waals surface area contributed by atoms with E-state index in [9.17, 15) is 0 Å². The van der Waals surface area contributed by atoms with E-state index in [-0.39, 0.29) is 0 Å². The summed E-state index contributed by atoms with van der Waals surface area (Å²) in [6, 6.07) is 50.9. The van der Waals surface area contributed by atoms with E-state index in [1.165, 1.54) is 44.5 Å². The van der Waals surface area contributed by atoms with Crippen LogP contribution in [0.15, 0.2) is 170 Å². The molecule has 6 aromatic rings. The third-order valence-electron chi connectivity index (χ3n) is 9.64. The number of fused-ring (bicyclic) bond motifs is 9. The van der Waals surface area contributed by atoms with Crippen molar-refractivity contribution < 1.29 is 4.74 Å². The van der Waals surface area contributed by atoms with E-state index in [0.29, 0.717) is 0 Å². The largest absolute Gasteiger partial charge is 0.497 e. The summed E-state index contributed by atoms with van der Waals surface area (Å²) in [5, 5.41) is 0. The van der Waals surface area contributed by atoms with Gasteiger partial charge in [-0.2, -0.15) is 0 Å². The lowest BCUT2D eigenvalue weighted by Crippen LogP contribution is -2.36. The predicted octanol–water partition coefficient (Wildman–Crippen LogP) is 11.7. The molecule has 8 rings (SSSR count). The average Bonchev–Trinajstić information content (AvgIpc) is 3.42. The van der Waals surface area contributed by atoms with Crippen LogP contribution in [-0.4, -0.2) is 7.11 Å². The van der Waals surface area contributed by atoms with Gasteiger partial charge in [0.05, 0.1) is 23.9 Å². The molecule has 0 N–H and O–H groups in total. The minimum absolute atomic E-state index is 0.547. The molecule has 0 radical (unpaired) electrons. The Morgan fingerprint density at radius 1 is 0.617 bits per heavy atom. The van der Waals surface area contributed by atoms with E-state index in [1.807, 2.05) is 31.2 Å². The molecule has 1 heterocycles. The molecule has 0 unspecified atom stereocenters. The lowest BCUT2D eigenvalue weighted by Gasteiger charge is -2.45. The topological polar surface area (TPSA) is 12.5 Å². The summed E-state index contributed by atoms with van der Waals surface area (Å²) < 4.78 is 5.52. The normalized spacial score (nSPS) is 13.8. The smallest absolute Gasteiger partial charge is 0.119 e. The monoisotopic (exact) mass is 605 g/mol. The Morgan fingerprint density at radius 3 is 1.89 bits per heavy atom. The number of hydrogen-bond donors (Lipinski definition) is 0. The van der Waals surface area contributed by atoms with Crippen molar-refractivity contribution in [3.63, 3.8) is 0 Å². The minimum Gasteiger partial charge on any atom is -0.497 e. The second kappa shape index (κ2) is 11.5. The molecule has 1 aliphatic heterocycles. The van der Waals surface area contributed by atoms with Gasteiger partial charge in [0, 0.05) is 5.69 Å². The van der Waals surface area contributed by atoms with Gasteiger partial charge in [-0.15, -0.1) is 0 Å². The van der Waals surface area contributed by atoms with Crippen molar-refractivity contribution in [2.45, 2.75) is 12.3 Å². The maximum absolute atomic E-state index is 5.52. The molecule has 0 saturated heterocycles. The zero-order valence-corrected chi connectivity index (χ0v) is 26.7. The van der Waals surface area contributed by atoms with Gasteiger partial charge in [0.25, 0.3) is 0 Å². The Balaban J connectivity index is 1.46. The molecule has 0 bridgehead atoms. The second-order valence-electron chi connectivity index (χ2n) is 12.1. The van der Waals surface area contributed by atoms with Crippen molar-refractivity contribution in [3.8, 4) is 28.0 Å². The first-order valence-corrected chi connectivity index (χ1v) is 16.1. The number of para-hydroxylation sites is 2. The van der Waals surface area contributed by atoms with Crippen molar-refractivity contribution in [1.29, 1.82) is 0 Å². The Hall–Kier alpha value is -5.86. The Kier molecular flexibility index (Phi) is 7.00. The van der Waals surface area contributed by atoms with Crippen LogP contribution in [-0.2, 0) is 5.41 Å². The van der Waals surface area contributed by atoms with Crippen LogP contribution in [0.25, 0.3) is 27.8 Å². The van der Waals surface area contributed by atoms with Crippen molar-refractivity contribution in [2.24, 2.45) is 0 Å². The van der Waals surface area contributed by atoms with E-state index in [1.54, 1.807) is 7.11 Å². The Morgan fingerprint density at radius 2 is 1.23 bits per heavy atom. The molecule has 1 spiro atoms. The van der Waals surface area contributed by atoms with Crippen molar-refractivity contribution in [2.75, 3.05) is 12.0 Å². The number of allylic oxidation sites excluding steroid dienone is 5. The number of ether oxygens (including phenoxy) is 1. The van der Waals surface area contributed by atoms with Gasteiger partial charge in [-0.1, -0.05) is 122 Å². The lowest BCUT2D eigenvalue weighted by atomic mass is 9.64. The molecule has 2 nitrogen and oxygen atoms in total. The van der Waals surface area contributed by atoms with Gasteiger partial charge >= 0.3 is 0 Å². The van der Waals surface area contributed by atoms with Crippen molar-refractivity contribution in [1.82, 2.24) is 0 Å². The standard InChI is InChI=1S/C45H35NO/c1-4-5-7-14-31(2)33-21-27-37-38-28-22-34(32-15-8-6-9-16-32)30-42(38)45(41(37)29-33)39-17-10-12-19-43(39)46(44-20-13-11-18-40(44)45)35-23-25-36(47-3)26-24-35/h4-30H,2H2,1,3H3/b5-4-,14-7-. The maximum Gasteiger partial charge on any atom is 0.119 e. The van der Waals surface area contributed by atoms with Crippen LogP contribution in [0, 0.1) is 0 Å². The Labute approximate surface area is 277 Å². The number of hydrogen-bond acceptors (Lipinski definition) is 2. The van der Waals surface area contributed by atoms with E-state index in [4.69, 9.17) is 4.74 Å². The molecule has 2 aliphatic rings. The molecule has 1 aliphatic carbocycles. The van der Waals surface area contributed by atoms with E-state index in [0.717, 1.165) is 33.9 Å². The third-order valence-corrected chi connectivity index (χ3v) is 9.64. The zero-order valence-electron chi connectivity index (χ0n) is 26.7. The lowest BCUT2D eigenvalue weighted by molar-refractivity contribution is 0.415. The van der Waals surface area contributed by atoms with Crippen LogP contribution in [0.3, 0.4) is 0 Å². The molecule has 0 atom stereocenters. The third kappa shape index (κ3) is 4.40. The van der Waals surface area contributed by atoms with Gasteiger partial charge in [0.15, 0.2) is 0 Å². The molecule has 0 amide bonds. The van der Waals surface area contributed by atoms with Gasteiger partial charge in [-0.3, -0.25) is 0 Å². The Bertz CT molecular complexity index is 2160. The fourth-order valence-electron chi connectivity index (χ4n) is 7.55. The quantitative estimate of drug-likeness (QED) is 0.175. The number of benzene rings is 6. The van der Waals surface area contributed by atoms with Crippen molar-refractivity contribution in [3.05, 3.63) is 198 Å². The molecular weight excluding hydrogens is 571 g/mol. The zero-order chi connectivity index (χ0) is 32.0. The molecule has 226 valence electrons. The highest BCUT2D eigenvalue weighted by Crippen LogP contribution is 2.63. The van der Waals surface area contributed by atoms with Crippen LogP contribution in [0.2, 0.25) is 0 Å². The van der Waals surface area contributed by atoms with Crippen LogP contribution in [0.5, 0.6) is 5.75 Å². The fourth-order valence-corrected chi connectivity index (χ4v) is 7.55. The summed E-state index contributed by atoms with van der Waals surface area (Å²) in [5.74, 6) is 0.840. The summed E-state index contributed by atoms with van der Waals surface area (Å²) in [6.07, 6.45) is 8.23. The summed E-state index contributed by atoms with van der Waals surface area (Å²) >= 11 is 0. The number of nitrogens with zero attached hydrogens (tertiary/aromatic N) is 1. The highest BCUT2D eigenvalue weighted by molar-refractivity contribution is 5.97. The first-order chi connectivity index (χ1) is 23.1. The highest BCUT2D eigenvalue weighted by Gasteiger charge is 2.51. The summed E-state index contributed by atoms with van der Waals surface area (Å²) in [4.78, 5) is 2.40. The maximum atomic E-state index is 5.52. The van der Waals surface area contributed by atoms with Crippen LogP contribution < -0.4 is 9.64 Å². The highest BCUT2D eigenvalue weighted by atomic mass is 16.5. The van der Waals surface area contributed by atoms with Gasteiger partial charge in [0.1, 0.15) is 5.75 Å². The molecule has 0 fully saturated rings. The van der Waals surface area contributed by atoms with E-state index in [2.05, 4.69) is 151 Å². The molecular formula is C45H35NO. The second-order valence-corrected chi connectivity index (χ2v) is 12.1. The molecule has 6 aromatic carbocycles. The fraction of sp³-hybridized carbons (Fsp3) is 0.0667. The number of rotatable bonds is 6. The van der Waals surface area contributed by atoms with E-state index < -0.39 is 5.41 Å². The van der Waals surface area contributed by atoms with Crippen LogP contribution in [0.4, 0.5) is 17.1 Å². The minimum atomic E-state index is -0.547. The first-order valence-electron chi connectivity index (χ1n) is 16.1. The SMILES string of the molecule is C=C(/C=C\C=C/C)c1ccc2c(c1)C1(c3cc(-c4ccccc4)ccc3-2)c2ccccc2N(c2ccc(OC)cc2)c2ccccc21. The summed E-state index contributed by atoms with van der Waals surface area (Å²) in [7, 11) is 1.71. The van der Waals surface area contributed by atoms with Gasteiger partial charge in [-0.25, -0.2) is 0 Å². The first kappa shape index (κ1) is 28.6. The van der Waals surface area contributed by atoms with E-state index >= 15 is 0 Å². The molecule has 0 saturated carbocycles. The average molecular weight is 606 g/mol. The summed E-state index contributed by atoms with van der Waals surface area (Å²) in [5.41, 5.74) is 15.0. The summed E-state index contributed by atoms with van der Waals surface area (Å²) in [6.45, 7) is 6.50. The van der Waals surface area contributed by atoms with Crippen molar-refractivity contribution >= 4 is 22.6 Å². The molecule has 47 heavy (non-hydrogen) atoms. The molecule has 2 heteroatoms. The van der Waals surface area contributed by atoms with Crippen LogP contribution >= 0.6 is 0 Å². The predicted molar refractivity (Wildman–Crippen MR) is 197 cm³/mol. The van der Waals surface area contributed by atoms with Crippen LogP contribution in [0.1, 0.15) is 34.7 Å². The number of methoxy groups -OCH3 is 1. The van der Waals surface area contributed by atoms with Gasteiger partial charge < -0.3 is 9.64 Å². The number of anilines is 3. The van der Waals surface area contributed by atoms with Gasteiger partial charge in [0.2, 0.25) is 0 Å². The molecule has 0 aromatic heterocycles. The van der Waals surface area contributed by atoms with Gasteiger partial charge in [-0.05, 0) is 111 Å².